The first kappa shape index (κ1) is 12.6. The Balaban J connectivity index is 2.11. The molecule has 6 heteroatoms. The fourth-order valence-corrected chi connectivity index (χ4v) is 2.44. The number of nitrogens with one attached hydrogen (secondary N) is 1. The molecule has 0 bridgehead atoms. The Hall–Kier alpha value is -1.82. The van der Waals surface area contributed by atoms with Crippen LogP contribution in [0.3, 0.4) is 0 Å². The van der Waals surface area contributed by atoms with E-state index < -0.39 is 0 Å². The number of aryl methyl sites for hydroxylation is 2. The maximum Gasteiger partial charge on any atom is 0.271 e. The van der Waals surface area contributed by atoms with E-state index in [0.717, 1.165) is 17.0 Å². The average Bonchev–Trinajstić information content (AvgIpc) is 2.94. The normalized spacial score (nSPS) is 10.6. The maximum atomic E-state index is 12.1. The molecule has 0 saturated heterocycles. The number of nitrogens with two attached hydrogens (primary N) is 1. The minimum Gasteiger partial charge on any atom is -0.395 e. The highest BCUT2D eigenvalue weighted by molar-refractivity contribution is 7.09. The van der Waals surface area contributed by atoms with Gasteiger partial charge >= 0.3 is 0 Å². The first-order chi connectivity index (χ1) is 8.63. The summed E-state index contributed by atoms with van der Waals surface area (Å²) in [6, 6.07) is 3.94. The average molecular weight is 264 g/mol. The van der Waals surface area contributed by atoms with Crippen molar-refractivity contribution in [1.29, 1.82) is 0 Å². The van der Waals surface area contributed by atoms with E-state index in [-0.39, 0.29) is 5.91 Å². The van der Waals surface area contributed by atoms with Crippen LogP contribution in [0.4, 0.5) is 5.69 Å². The molecule has 0 aliphatic heterocycles. The van der Waals surface area contributed by atoms with Crippen molar-refractivity contribution < 1.29 is 4.79 Å². The predicted molar refractivity (Wildman–Crippen MR) is 72.5 cm³/mol. The standard InChI is InChI=1S/C12H16N4OS/c1-3-9-10(13)11(16(2)15-9)12(17)14-7-8-5-4-6-18-8/h4-6H,3,7,13H2,1-2H3,(H,14,17). The van der Waals surface area contributed by atoms with Crippen molar-refractivity contribution in [1.82, 2.24) is 15.1 Å². The van der Waals surface area contributed by atoms with Crippen LogP contribution in [0.5, 0.6) is 0 Å². The number of amides is 1. The van der Waals surface area contributed by atoms with E-state index in [2.05, 4.69) is 10.4 Å². The number of hydrogen-bond acceptors (Lipinski definition) is 4. The number of thiophene rings is 1. The Morgan fingerprint density at radius 1 is 1.61 bits per heavy atom. The molecule has 96 valence electrons. The Labute approximate surface area is 110 Å². The minimum atomic E-state index is -0.185. The molecule has 3 N–H and O–H groups in total. The van der Waals surface area contributed by atoms with Crippen molar-refractivity contribution in [2.24, 2.45) is 7.05 Å². The van der Waals surface area contributed by atoms with E-state index in [1.807, 2.05) is 24.4 Å². The third-order valence-corrected chi connectivity index (χ3v) is 3.59. The lowest BCUT2D eigenvalue weighted by Crippen LogP contribution is -2.25. The molecular weight excluding hydrogens is 248 g/mol. The molecule has 0 spiro atoms. The van der Waals surface area contributed by atoms with Crippen LogP contribution >= 0.6 is 11.3 Å². The third kappa shape index (κ3) is 2.38. The molecule has 2 rings (SSSR count). The van der Waals surface area contributed by atoms with Gasteiger partial charge in [0, 0.05) is 11.9 Å². The predicted octanol–water partition coefficient (Wildman–Crippen LogP) is 1.56. The van der Waals surface area contributed by atoms with Crippen molar-refractivity contribution in [3.63, 3.8) is 0 Å². The summed E-state index contributed by atoms with van der Waals surface area (Å²) in [5.41, 5.74) is 7.60. The molecule has 0 fully saturated rings. The molecule has 0 saturated carbocycles. The summed E-state index contributed by atoms with van der Waals surface area (Å²) in [7, 11) is 1.73. The lowest BCUT2D eigenvalue weighted by molar-refractivity contribution is 0.0943. The van der Waals surface area contributed by atoms with Crippen LogP contribution in [0.15, 0.2) is 17.5 Å². The second-order valence-corrected chi connectivity index (χ2v) is 4.98. The molecule has 0 unspecified atom stereocenters. The van der Waals surface area contributed by atoms with Crippen LogP contribution in [0, 0.1) is 0 Å². The molecule has 2 aromatic rings. The van der Waals surface area contributed by atoms with E-state index in [1.165, 1.54) is 4.68 Å². The summed E-state index contributed by atoms with van der Waals surface area (Å²) >= 11 is 1.61. The van der Waals surface area contributed by atoms with Gasteiger partial charge in [0.25, 0.3) is 5.91 Å². The molecule has 5 nitrogen and oxygen atoms in total. The van der Waals surface area contributed by atoms with Gasteiger partial charge in [-0.3, -0.25) is 9.48 Å². The van der Waals surface area contributed by atoms with Crippen LogP contribution in [0.1, 0.15) is 28.0 Å². The number of aromatic nitrogens is 2. The van der Waals surface area contributed by atoms with Gasteiger partial charge in [-0.05, 0) is 17.9 Å². The van der Waals surface area contributed by atoms with E-state index in [4.69, 9.17) is 5.73 Å². The van der Waals surface area contributed by atoms with Crippen LogP contribution in [0.25, 0.3) is 0 Å². The minimum absolute atomic E-state index is 0.185. The molecule has 0 atom stereocenters. The second-order valence-electron chi connectivity index (χ2n) is 3.95. The molecule has 0 radical (unpaired) electrons. The lowest BCUT2D eigenvalue weighted by Gasteiger charge is -2.04. The van der Waals surface area contributed by atoms with Gasteiger partial charge in [-0.1, -0.05) is 13.0 Å². The third-order valence-electron chi connectivity index (χ3n) is 2.71. The highest BCUT2D eigenvalue weighted by Crippen LogP contribution is 2.17. The van der Waals surface area contributed by atoms with Crippen LogP contribution in [-0.4, -0.2) is 15.7 Å². The quantitative estimate of drug-likeness (QED) is 0.880. The Bertz CT molecular complexity index is 545. The zero-order valence-corrected chi connectivity index (χ0v) is 11.3. The largest absolute Gasteiger partial charge is 0.395 e. The zero-order chi connectivity index (χ0) is 13.1. The van der Waals surface area contributed by atoms with Gasteiger partial charge < -0.3 is 11.1 Å². The van der Waals surface area contributed by atoms with Crippen LogP contribution in [0.2, 0.25) is 0 Å². The Kier molecular flexibility index (Phi) is 3.66. The van der Waals surface area contributed by atoms with Gasteiger partial charge in [-0.2, -0.15) is 5.10 Å². The van der Waals surface area contributed by atoms with Gasteiger partial charge in [-0.25, -0.2) is 0 Å². The first-order valence-corrected chi connectivity index (χ1v) is 6.63. The van der Waals surface area contributed by atoms with E-state index in [0.29, 0.717) is 17.9 Å². The summed E-state index contributed by atoms with van der Waals surface area (Å²) in [6.45, 7) is 2.48. The monoisotopic (exact) mass is 264 g/mol. The van der Waals surface area contributed by atoms with Crippen molar-refractivity contribution in [3.8, 4) is 0 Å². The van der Waals surface area contributed by atoms with Gasteiger partial charge in [0.2, 0.25) is 0 Å². The van der Waals surface area contributed by atoms with Crippen LogP contribution in [-0.2, 0) is 20.0 Å². The molecule has 18 heavy (non-hydrogen) atoms. The highest BCUT2D eigenvalue weighted by Gasteiger charge is 2.18. The molecular formula is C12H16N4OS. The smallest absolute Gasteiger partial charge is 0.271 e. The van der Waals surface area contributed by atoms with Gasteiger partial charge in [0.1, 0.15) is 5.69 Å². The molecule has 0 aliphatic carbocycles. The van der Waals surface area contributed by atoms with Gasteiger partial charge in [-0.15, -0.1) is 11.3 Å². The van der Waals surface area contributed by atoms with E-state index >= 15 is 0 Å². The summed E-state index contributed by atoms with van der Waals surface area (Å²) in [4.78, 5) is 13.2. The number of rotatable bonds is 4. The summed E-state index contributed by atoms with van der Waals surface area (Å²) in [6.07, 6.45) is 0.720. The number of anilines is 1. The summed E-state index contributed by atoms with van der Waals surface area (Å²) in [5, 5.41) is 9.06. The molecule has 2 heterocycles. The van der Waals surface area contributed by atoms with Crippen molar-refractivity contribution in [2.75, 3.05) is 5.73 Å². The first-order valence-electron chi connectivity index (χ1n) is 5.75. The molecule has 0 aliphatic rings. The molecule has 1 amide bonds. The summed E-state index contributed by atoms with van der Waals surface area (Å²) in [5.74, 6) is -0.185. The zero-order valence-electron chi connectivity index (χ0n) is 10.4. The topological polar surface area (TPSA) is 72.9 Å². The van der Waals surface area contributed by atoms with Crippen molar-refractivity contribution in [3.05, 3.63) is 33.8 Å². The van der Waals surface area contributed by atoms with E-state index in [9.17, 15) is 4.79 Å². The second kappa shape index (κ2) is 5.22. The van der Waals surface area contributed by atoms with Gasteiger partial charge in [0.05, 0.1) is 17.9 Å². The fraction of sp³-hybridized carbons (Fsp3) is 0.333. The van der Waals surface area contributed by atoms with E-state index in [1.54, 1.807) is 18.4 Å². The van der Waals surface area contributed by atoms with Crippen molar-refractivity contribution >= 4 is 22.9 Å². The number of nitrogens with zero attached hydrogens (tertiary/aromatic N) is 2. The van der Waals surface area contributed by atoms with Gasteiger partial charge in [0.15, 0.2) is 0 Å². The lowest BCUT2D eigenvalue weighted by atomic mass is 10.2. The molecule has 2 aromatic heterocycles. The maximum absolute atomic E-state index is 12.1. The Morgan fingerprint density at radius 2 is 2.39 bits per heavy atom. The number of hydrogen-bond donors (Lipinski definition) is 2. The van der Waals surface area contributed by atoms with Crippen LogP contribution < -0.4 is 11.1 Å². The van der Waals surface area contributed by atoms with Crippen molar-refractivity contribution in [2.45, 2.75) is 19.9 Å². The summed E-state index contributed by atoms with van der Waals surface area (Å²) < 4.78 is 1.54. The Morgan fingerprint density at radius 3 is 2.94 bits per heavy atom. The number of nitrogen functional groups attached to an aromatic ring is 1. The fourth-order valence-electron chi connectivity index (χ4n) is 1.79. The molecule has 0 aromatic carbocycles. The number of carbonyl (C=O) groups is 1. The highest BCUT2D eigenvalue weighted by atomic mass is 32.1. The SMILES string of the molecule is CCc1nn(C)c(C(=O)NCc2cccs2)c1N. The number of carbonyl (C=O) groups excluding carboxylic acids is 1.